The maximum atomic E-state index is 11.7. The monoisotopic (exact) mass is 501 g/mol. The number of hydrogen-bond donors (Lipinski definition) is 4. The van der Waals surface area contributed by atoms with Gasteiger partial charge in [0.15, 0.2) is 23.2 Å². The van der Waals surface area contributed by atoms with Gasteiger partial charge in [0.1, 0.15) is 18.3 Å². The summed E-state index contributed by atoms with van der Waals surface area (Å²) in [5.74, 6) is 0.545. The maximum Gasteiger partial charge on any atom is 0.306 e. The number of anilines is 1. The number of hydrogen-bond acceptors (Lipinski definition) is 11. The molecule has 3 aromatic rings. The minimum atomic E-state index is -1.27. The Bertz CT molecular complexity index is 1210. The highest BCUT2D eigenvalue weighted by Crippen LogP contribution is 2.33. The predicted molar refractivity (Wildman–Crippen MR) is 126 cm³/mol. The number of aliphatic hydroxyl groups is 3. The van der Waals surface area contributed by atoms with E-state index in [2.05, 4.69) is 20.4 Å². The average molecular weight is 502 g/mol. The fraction of sp³-hybridized carbons (Fsp3) is 0.609. The van der Waals surface area contributed by atoms with Gasteiger partial charge in [-0.05, 0) is 31.7 Å². The molecule has 0 unspecified atom stereocenters. The Morgan fingerprint density at radius 1 is 1.25 bits per heavy atom. The molecule has 1 saturated heterocycles. The number of carbonyl (C=O) groups excluding carboxylic acids is 1. The van der Waals surface area contributed by atoms with Crippen molar-refractivity contribution in [2.45, 2.75) is 76.0 Å². The lowest BCUT2D eigenvalue weighted by molar-refractivity contribution is -0.143. The molecule has 0 radical (unpaired) electrons. The van der Waals surface area contributed by atoms with Crippen LogP contribution in [0.5, 0.6) is 0 Å². The Hall–Kier alpha value is -3.13. The summed E-state index contributed by atoms with van der Waals surface area (Å²) in [5, 5.41) is 38.2. The zero-order chi connectivity index (χ0) is 25.2. The first-order valence-electron chi connectivity index (χ1n) is 12.3. The van der Waals surface area contributed by atoms with Crippen molar-refractivity contribution in [1.82, 2.24) is 29.3 Å². The van der Waals surface area contributed by atoms with Gasteiger partial charge in [-0.1, -0.05) is 12.8 Å². The van der Waals surface area contributed by atoms with E-state index in [1.165, 1.54) is 15.6 Å². The van der Waals surface area contributed by atoms with Crippen LogP contribution in [-0.4, -0.2) is 88.2 Å². The lowest BCUT2D eigenvalue weighted by Crippen LogP contribution is -2.33. The predicted octanol–water partition coefficient (Wildman–Crippen LogP) is 0.474. The largest absolute Gasteiger partial charge is 0.466 e. The van der Waals surface area contributed by atoms with Crippen molar-refractivity contribution in [3.05, 3.63) is 24.3 Å². The molecule has 0 amide bonds. The van der Waals surface area contributed by atoms with Crippen molar-refractivity contribution < 1.29 is 29.6 Å². The van der Waals surface area contributed by atoms with Crippen LogP contribution < -0.4 is 5.32 Å². The van der Waals surface area contributed by atoms with E-state index >= 15 is 0 Å². The third-order valence-electron chi connectivity index (χ3n) is 6.66. The zero-order valence-electron chi connectivity index (χ0n) is 20.0. The Morgan fingerprint density at radius 2 is 2.06 bits per heavy atom. The average Bonchev–Trinajstić information content (AvgIpc) is 3.67. The van der Waals surface area contributed by atoms with Crippen LogP contribution in [0.15, 0.2) is 18.7 Å². The number of carbonyl (C=O) groups is 1. The van der Waals surface area contributed by atoms with Gasteiger partial charge in [0.05, 0.1) is 25.7 Å². The van der Waals surface area contributed by atoms with Crippen molar-refractivity contribution in [3.8, 4) is 5.95 Å². The molecule has 1 saturated carbocycles. The number of aryl methyl sites for hydroxylation is 1. The van der Waals surface area contributed by atoms with Crippen molar-refractivity contribution >= 4 is 23.0 Å². The second-order valence-corrected chi connectivity index (χ2v) is 9.15. The number of nitrogens with one attached hydrogen (secondary N) is 1. The van der Waals surface area contributed by atoms with E-state index in [4.69, 9.17) is 14.5 Å². The third kappa shape index (κ3) is 4.78. The van der Waals surface area contributed by atoms with Crippen LogP contribution in [0.1, 0.15) is 50.8 Å². The van der Waals surface area contributed by atoms with Crippen LogP contribution in [0.25, 0.3) is 17.1 Å². The molecular weight excluding hydrogens is 470 g/mol. The fourth-order valence-electron chi connectivity index (χ4n) is 4.75. The summed E-state index contributed by atoms with van der Waals surface area (Å²) in [6, 6.07) is 0.257. The van der Waals surface area contributed by atoms with Gasteiger partial charge >= 0.3 is 5.97 Å². The summed E-state index contributed by atoms with van der Waals surface area (Å²) in [4.78, 5) is 25.6. The molecule has 5 rings (SSSR count). The van der Waals surface area contributed by atoms with E-state index < -0.39 is 31.1 Å². The highest BCUT2D eigenvalue weighted by atomic mass is 16.6. The van der Waals surface area contributed by atoms with Crippen LogP contribution in [0.2, 0.25) is 0 Å². The second-order valence-electron chi connectivity index (χ2n) is 9.15. The van der Waals surface area contributed by atoms with E-state index in [1.54, 1.807) is 19.3 Å². The van der Waals surface area contributed by atoms with Crippen molar-refractivity contribution in [2.75, 3.05) is 18.5 Å². The summed E-state index contributed by atoms with van der Waals surface area (Å²) in [5.41, 5.74) is 1.71. The molecule has 0 bridgehead atoms. The summed E-state index contributed by atoms with van der Waals surface area (Å²) in [6.07, 6.45) is 5.50. The quantitative estimate of drug-likeness (QED) is 0.301. The first-order valence-corrected chi connectivity index (χ1v) is 12.3. The van der Waals surface area contributed by atoms with Gasteiger partial charge < -0.3 is 30.1 Å². The summed E-state index contributed by atoms with van der Waals surface area (Å²) >= 11 is 0. The normalized spacial score (nSPS) is 24.6. The van der Waals surface area contributed by atoms with E-state index in [0.29, 0.717) is 30.0 Å². The molecule has 4 heterocycles. The van der Waals surface area contributed by atoms with Crippen LogP contribution in [0.4, 0.5) is 5.82 Å². The third-order valence-corrected chi connectivity index (χ3v) is 6.66. The first kappa shape index (κ1) is 24.6. The van der Waals surface area contributed by atoms with Gasteiger partial charge in [0.25, 0.3) is 5.95 Å². The van der Waals surface area contributed by atoms with Crippen molar-refractivity contribution in [2.24, 2.45) is 0 Å². The number of rotatable bonds is 9. The molecule has 1 aliphatic heterocycles. The van der Waals surface area contributed by atoms with E-state index in [9.17, 15) is 20.1 Å². The molecule has 0 aromatic carbocycles. The molecule has 36 heavy (non-hydrogen) atoms. The van der Waals surface area contributed by atoms with Crippen LogP contribution in [0.3, 0.4) is 0 Å². The number of aliphatic hydroxyl groups excluding tert-OH is 3. The van der Waals surface area contributed by atoms with Gasteiger partial charge in [0, 0.05) is 18.7 Å². The van der Waals surface area contributed by atoms with Crippen LogP contribution in [0, 0.1) is 0 Å². The fourth-order valence-corrected chi connectivity index (χ4v) is 4.75. The molecule has 194 valence electrons. The molecule has 13 heteroatoms. The maximum absolute atomic E-state index is 11.7. The molecule has 0 spiro atoms. The highest BCUT2D eigenvalue weighted by molar-refractivity contribution is 5.84. The lowest BCUT2D eigenvalue weighted by Gasteiger charge is -2.18. The Balaban J connectivity index is 1.49. The zero-order valence-corrected chi connectivity index (χ0v) is 20.0. The smallest absolute Gasteiger partial charge is 0.306 e. The molecular formula is C23H31N7O6. The molecule has 3 aromatic heterocycles. The van der Waals surface area contributed by atoms with E-state index in [-0.39, 0.29) is 24.4 Å². The molecule has 13 nitrogen and oxygen atoms in total. The molecule has 2 aliphatic rings. The Labute approximate surface area is 207 Å². The number of imidazole rings is 1. The number of ether oxygens (including phenoxy) is 2. The number of aromatic nitrogens is 6. The molecule has 1 aliphatic carbocycles. The summed E-state index contributed by atoms with van der Waals surface area (Å²) < 4.78 is 13.8. The van der Waals surface area contributed by atoms with Gasteiger partial charge in [0.2, 0.25) is 0 Å². The summed E-state index contributed by atoms with van der Waals surface area (Å²) in [7, 11) is 0. The number of nitrogens with zero attached hydrogens (tertiary/aromatic N) is 6. The van der Waals surface area contributed by atoms with E-state index in [0.717, 1.165) is 31.2 Å². The minimum Gasteiger partial charge on any atom is -0.466 e. The van der Waals surface area contributed by atoms with Gasteiger partial charge in [-0.25, -0.2) is 9.67 Å². The van der Waals surface area contributed by atoms with E-state index in [1.807, 2.05) is 0 Å². The van der Waals surface area contributed by atoms with Crippen molar-refractivity contribution in [1.29, 1.82) is 0 Å². The van der Waals surface area contributed by atoms with Crippen LogP contribution in [-0.2, 0) is 20.7 Å². The van der Waals surface area contributed by atoms with Gasteiger partial charge in [-0.15, -0.1) is 0 Å². The molecule has 4 N–H and O–H groups in total. The highest BCUT2D eigenvalue weighted by Gasteiger charge is 2.44. The molecule has 4 atom stereocenters. The van der Waals surface area contributed by atoms with Gasteiger partial charge in [-0.2, -0.15) is 15.1 Å². The topological polar surface area (TPSA) is 170 Å². The summed E-state index contributed by atoms with van der Waals surface area (Å²) in [6.45, 7) is 1.68. The Kier molecular flexibility index (Phi) is 7.14. The standard InChI is InChI=1S/C23H31N7O6/c1-2-35-16(32)8-7-13-9-25-30(10-13)23-27-20(26-14-5-3-4-6-14)17-21(28-23)29(12-24-17)22-19(34)18(33)15(11-31)36-22/h9-10,12,14-15,18-19,22,31,33-34H,2-8,11H2,1H3,(H,26,27,28)/t15-,18-,19-,22+/m0/s1. The van der Waals surface area contributed by atoms with Crippen LogP contribution >= 0.6 is 0 Å². The SMILES string of the molecule is CCOC(=O)CCc1cnn(-c2nc(NC3CCCC3)c3ncn([C@@H]4O[C@@H](CO)[C@H](O)[C@@H]4O)c3n2)c1. The number of esters is 1. The first-order chi connectivity index (χ1) is 17.5. The Morgan fingerprint density at radius 3 is 2.78 bits per heavy atom. The lowest BCUT2D eigenvalue weighted by atomic mass is 10.1. The second kappa shape index (κ2) is 10.5. The number of fused-ring (bicyclic) bond motifs is 1. The van der Waals surface area contributed by atoms with Gasteiger partial charge in [-0.3, -0.25) is 9.36 Å². The minimum absolute atomic E-state index is 0.242. The van der Waals surface area contributed by atoms with Crippen molar-refractivity contribution in [3.63, 3.8) is 0 Å². The molecule has 2 fully saturated rings.